The van der Waals surface area contributed by atoms with Crippen molar-refractivity contribution in [2.45, 2.75) is 57.6 Å². The van der Waals surface area contributed by atoms with E-state index in [9.17, 15) is 14.4 Å². The van der Waals surface area contributed by atoms with Gasteiger partial charge in [0.25, 0.3) is 0 Å². The van der Waals surface area contributed by atoms with Gasteiger partial charge in [0.1, 0.15) is 6.61 Å². The normalized spacial score (nSPS) is 18.1. The molecule has 1 fully saturated rings. The van der Waals surface area contributed by atoms with E-state index in [4.69, 9.17) is 10.1 Å². The molecule has 1 aliphatic rings. The first kappa shape index (κ1) is 22.5. The summed E-state index contributed by atoms with van der Waals surface area (Å²) < 4.78 is 5.37. The number of unbranched alkanes of at least 4 members (excludes halogenated alkanes) is 2. The lowest BCUT2D eigenvalue weighted by atomic mass is 10.0. The Bertz CT molecular complexity index is 513. The maximum atomic E-state index is 12.0. The highest BCUT2D eigenvalue weighted by Gasteiger charge is 2.37. The summed E-state index contributed by atoms with van der Waals surface area (Å²) >= 11 is 1.36. The fraction of sp³-hybridized carbons (Fsp3) is 0.778. The molecular weight excluding hydrogens is 354 g/mol. The average molecular weight is 386 g/mol. The van der Waals surface area contributed by atoms with Gasteiger partial charge in [-0.1, -0.05) is 33.1 Å². The van der Waals surface area contributed by atoms with Crippen LogP contribution in [-0.4, -0.2) is 59.7 Å². The summed E-state index contributed by atoms with van der Waals surface area (Å²) in [5.74, 6) is -0.301. The molecule has 2 unspecified atom stereocenters. The molecule has 1 heterocycles. The number of amides is 3. The van der Waals surface area contributed by atoms with Gasteiger partial charge in [-0.05, 0) is 12.7 Å². The van der Waals surface area contributed by atoms with Crippen LogP contribution in [0.2, 0.25) is 0 Å². The molecule has 0 saturated carbocycles. The van der Waals surface area contributed by atoms with Crippen molar-refractivity contribution in [2.75, 3.05) is 26.0 Å². The third-order valence-electron chi connectivity index (χ3n) is 4.42. The van der Waals surface area contributed by atoms with Crippen LogP contribution in [0.5, 0.6) is 0 Å². The second kappa shape index (κ2) is 11.9. The molecule has 1 saturated heterocycles. The summed E-state index contributed by atoms with van der Waals surface area (Å²) in [6, 6.07) is 0. The highest BCUT2D eigenvalue weighted by molar-refractivity contribution is 8.00. The molecule has 0 aromatic carbocycles. The predicted molar refractivity (Wildman–Crippen MR) is 103 cm³/mol. The van der Waals surface area contributed by atoms with Crippen molar-refractivity contribution in [2.24, 2.45) is 5.92 Å². The minimum absolute atomic E-state index is 0.0868. The van der Waals surface area contributed by atoms with Gasteiger partial charge in [0.2, 0.25) is 17.7 Å². The Hall–Kier alpha value is -1.57. The molecular formula is C18H31N3O4S. The van der Waals surface area contributed by atoms with Gasteiger partial charge in [0.15, 0.2) is 5.90 Å². The van der Waals surface area contributed by atoms with Gasteiger partial charge in [-0.25, -0.2) is 0 Å². The molecule has 26 heavy (non-hydrogen) atoms. The standard InChI is InChI=1S/C18H31N3O4S/c1-4-5-6-7-13(2)17(19)25-11-9-20-15(22)8-10-21-16(23)12-14(26-3)18(21)24/h13-14,19H,4-12H2,1-3H3,(H,20,22). The van der Waals surface area contributed by atoms with Gasteiger partial charge in [0, 0.05) is 25.3 Å². The summed E-state index contributed by atoms with van der Waals surface area (Å²) in [4.78, 5) is 36.8. The molecule has 0 aliphatic carbocycles. The highest BCUT2D eigenvalue weighted by atomic mass is 32.2. The Labute approximate surface area is 160 Å². The van der Waals surface area contributed by atoms with E-state index in [1.807, 2.05) is 6.92 Å². The molecule has 0 spiro atoms. The number of nitrogens with one attached hydrogen (secondary N) is 2. The molecule has 0 bridgehead atoms. The van der Waals surface area contributed by atoms with Gasteiger partial charge in [0.05, 0.1) is 11.8 Å². The van der Waals surface area contributed by atoms with Crippen LogP contribution in [-0.2, 0) is 19.1 Å². The zero-order valence-electron chi connectivity index (χ0n) is 16.0. The molecule has 0 aromatic rings. The maximum absolute atomic E-state index is 12.0. The van der Waals surface area contributed by atoms with Gasteiger partial charge in [-0.2, -0.15) is 11.8 Å². The summed E-state index contributed by atoms with van der Waals surface area (Å²) in [5, 5.41) is 10.3. The van der Waals surface area contributed by atoms with E-state index >= 15 is 0 Å². The number of thioether (sulfide) groups is 1. The number of hydrogen-bond donors (Lipinski definition) is 2. The van der Waals surface area contributed by atoms with Crippen molar-refractivity contribution >= 4 is 35.4 Å². The molecule has 1 rings (SSSR count). The van der Waals surface area contributed by atoms with Crippen LogP contribution < -0.4 is 5.32 Å². The van der Waals surface area contributed by atoms with Crippen LogP contribution in [0.15, 0.2) is 0 Å². The first-order valence-corrected chi connectivity index (χ1v) is 10.5. The molecule has 0 radical (unpaired) electrons. The van der Waals surface area contributed by atoms with E-state index in [-0.39, 0.29) is 60.8 Å². The largest absolute Gasteiger partial charge is 0.479 e. The maximum Gasteiger partial charge on any atom is 0.242 e. The minimum Gasteiger partial charge on any atom is -0.479 e. The minimum atomic E-state index is -0.315. The highest BCUT2D eigenvalue weighted by Crippen LogP contribution is 2.22. The van der Waals surface area contributed by atoms with Crippen LogP contribution in [0.1, 0.15) is 52.4 Å². The number of ether oxygens (including phenoxy) is 1. The SMILES string of the molecule is CCCCCC(C)C(=N)OCCNC(=O)CCN1C(=O)CC(SC)C1=O. The fourth-order valence-corrected chi connectivity index (χ4v) is 3.34. The lowest BCUT2D eigenvalue weighted by Gasteiger charge is -2.15. The molecule has 0 aromatic heterocycles. The van der Waals surface area contributed by atoms with Crippen LogP contribution in [0.4, 0.5) is 0 Å². The lowest BCUT2D eigenvalue weighted by molar-refractivity contribution is -0.138. The number of hydrogen-bond acceptors (Lipinski definition) is 6. The van der Waals surface area contributed by atoms with Crippen molar-refractivity contribution in [3.8, 4) is 0 Å². The summed E-state index contributed by atoms with van der Waals surface area (Å²) in [6.07, 6.45) is 6.44. The van der Waals surface area contributed by atoms with Crippen molar-refractivity contribution in [1.29, 1.82) is 5.41 Å². The van der Waals surface area contributed by atoms with Gasteiger partial charge in [-0.3, -0.25) is 24.7 Å². The first-order valence-electron chi connectivity index (χ1n) is 9.25. The summed E-state index contributed by atoms with van der Waals surface area (Å²) in [5.41, 5.74) is 0. The average Bonchev–Trinajstić information content (AvgIpc) is 2.90. The lowest BCUT2D eigenvalue weighted by Crippen LogP contribution is -2.36. The zero-order chi connectivity index (χ0) is 19.5. The van der Waals surface area contributed by atoms with Crippen LogP contribution in [0, 0.1) is 11.3 Å². The monoisotopic (exact) mass is 385 g/mol. The van der Waals surface area contributed by atoms with Crippen molar-refractivity contribution < 1.29 is 19.1 Å². The van der Waals surface area contributed by atoms with Gasteiger partial charge < -0.3 is 10.1 Å². The van der Waals surface area contributed by atoms with Gasteiger partial charge >= 0.3 is 0 Å². The van der Waals surface area contributed by atoms with E-state index in [2.05, 4.69) is 12.2 Å². The molecule has 8 heteroatoms. The number of nitrogens with zero attached hydrogens (tertiary/aromatic N) is 1. The zero-order valence-corrected chi connectivity index (χ0v) is 16.8. The Morgan fingerprint density at radius 1 is 1.42 bits per heavy atom. The summed E-state index contributed by atoms with van der Waals surface area (Å²) in [6.45, 7) is 4.79. The van der Waals surface area contributed by atoms with Crippen molar-refractivity contribution in [1.82, 2.24) is 10.2 Å². The van der Waals surface area contributed by atoms with Crippen molar-refractivity contribution in [3.05, 3.63) is 0 Å². The Balaban J connectivity index is 2.16. The Kier molecular flexibility index (Phi) is 10.3. The van der Waals surface area contributed by atoms with E-state index in [0.717, 1.165) is 25.7 Å². The Morgan fingerprint density at radius 2 is 2.15 bits per heavy atom. The fourth-order valence-electron chi connectivity index (χ4n) is 2.70. The smallest absolute Gasteiger partial charge is 0.242 e. The van der Waals surface area contributed by atoms with Crippen molar-refractivity contribution in [3.63, 3.8) is 0 Å². The van der Waals surface area contributed by atoms with E-state index < -0.39 is 0 Å². The molecule has 148 valence electrons. The van der Waals surface area contributed by atoms with Crippen LogP contribution in [0.25, 0.3) is 0 Å². The second-order valence-corrected chi connectivity index (χ2v) is 7.56. The van der Waals surface area contributed by atoms with E-state index in [0.29, 0.717) is 6.54 Å². The molecule has 3 amide bonds. The quantitative estimate of drug-likeness (QED) is 0.232. The van der Waals surface area contributed by atoms with Crippen LogP contribution >= 0.6 is 11.8 Å². The predicted octanol–water partition coefficient (Wildman–Crippen LogP) is 2.19. The number of carbonyl (C=O) groups excluding carboxylic acids is 3. The third-order valence-corrected chi connectivity index (χ3v) is 5.36. The number of rotatable bonds is 12. The van der Waals surface area contributed by atoms with E-state index in [1.165, 1.54) is 16.7 Å². The molecule has 7 nitrogen and oxygen atoms in total. The second-order valence-electron chi connectivity index (χ2n) is 6.52. The Morgan fingerprint density at radius 3 is 2.77 bits per heavy atom. The number of carbonyl (C=O) groups is 3. The number of likely N-dealkylation sites (tertiary alicyclic amines) is 1. The third kappa shape index (κ3) is 7.35. The van der Waals surface area contributed by atoms with Gasteiger partial charge in [-0.15, -0.1) is 0 Å². The number of imide groups is 1. The molecule has 1 aliphatic heterocycles. The molecule has 2 atom stereocenters. The van der Waals surface area contributed by atoms with Crippen LogP contribution in [0.3, 0.4) is 0 Å². The topological polar surface area (TPSA) is 99.6 Å². The molecule has 2 N–H and O–H groups in total. The first-order chi connectivity index (χ1) is 12.4. The summed E-state index contributed by atoms with van der Waals surface area (Å²) in [7, 11) is 0. The van der Waals surface area contributed by atoms with E-state index in [1.54, 1.807) is 6.26 Å².